The normalized spacial score (nSPS) is 16.7. The van der Waals surface area contributed by atoms with Crippen LogP contribution in [-0.2, 0) is 0 Å². The van der Waals surface area contributed by atoms with Crippen molar-refractivity contribution < 1.29 is 0 Å². The van der Waals surface area contributed by atoms with Gasteiger partial charge in [0.2, 0.25) is 0 Å². The summed E-state index contributed by atoms with van der Waals surface area (Å²) in [6, 6.07) is 35.1. The zero-order valence-corrected chi connectivity index (χ0v) is 34.4. The molecule has 2 heterocycles. The fourth-order valence-corrected chi connectivity index (χ4v) is 8.74. The number of rotatable bonds is 9. The second-order valence-corrected chi connectivity index (χ2v) is 15.6. The fourth-order valence-electron chi connectivity index (χ4n) is 7.59. The Balaban J connectivity index is 1.48. The topological polar surface area (TPSA) is 3.24 Å². The molecule has 0 unspecified atom stereocenters. The number of anilines is 1. The monoisotopic (exact) mass is 767 g/mol. The van der Waals surface area contributed by atoms with Gasteiger partial charge in [-0.3, -0.25) is 0 Å². The van der Waals surface area contributed by atoms with E-state index < -0.39 is 0 Å². The molecule has 1 aliphatic rings. The van der Waals surface area contributed by atoms with Gasteiger partial charge in [-0.15, -0.1) is 17.1 Å². The maximum atomic E-state index is 4.81. The maximum absolute atomic E-state index is 4.81. The SMILES string of the molecule is C=CC=C=CC(=C\C=C)/C(=C/c1c(C)sc2c(C3=C/C(=C)N(c4cc5ccccc5c5ccccc45)C/C=C\C=C/CC(=C)/C=C\3)cc(-c3ccccc3)cc12)CC. The van der Waals surface area contributed by atoms with E-state index in [1.54, 1.807) is 6.08 Å². The quantitative estimate of drug-likeness (QED) is 0.0804. The first kappa shape index (κ1) is 39.5. The highest BCUT2D eigenvalue weighted by Gasteiger charge is 2.19. The molecule has 5 aromatic carbocycles. The molecule has 0 spiro atoms. The predicted octanol–water partition coefficient (Wildman–Crippen LogP) is 16.0. The van der Waals surface area contributed by atoms with Gasteiger partial charge in [0.05, 0.1) is 0 Å². The van der Waals surface area contributed by atoms with Gasteiger partial charge in [0, 0.05) is 43.8 Å². The van der Waals surface area contributed by atoms with Gasteiger partial charge in [-0.25, -0.2) is 0 Å². The summed E-state index contributed by atoms with van der Waals surface area (Å²) in [6.45, 7) is 22.2. The molecule has 284 valence electrons. The number of hydrogen-bond donors (Lipinski definition) is 0. The van der Waals surface area contributed by atoms with Crippen LogP contribution in [0.5, 0.6) is 0 Å². The van der Waals surface area contributed by atoms with Crippen LogP contribution in [0.3, 0.4) is 0 Å². The van der Waals surface area contributed by atoms with E-state index in [0.717, 1.165) is 52.1 Å². The Morgan fingerprint density at radius 3 is 2.31 bits per heavy atom. The number of hydrogen-bond acceptors (Lipinski definition) is 2. The lowest BCUT2D eigenvalue weighted by molar-refractivity contribution is 1.05. The molecule has 0 radical (unpaired) electrons. The number of thiophene rings is 1. The molecule has 0 amide bonds. The summed E-state index contributed by atoms with van der Waals surface area (Å²) >= 11 is 1.84. The Hall–Kier alpha value is -6.70. The zero-order chi connectivity index (χ0) is 40.4. The van der Waals surface area contributed by atoms with E-state index in [4.69, 9.17) is 6.58 Å². The fraction of sp³-hybridized carbons (Fsp3) is 0.0893. The first-order valence-corrected chi connectivity index (χ1v) is 20.7. The highest BCUT2D eigenvalue weighted by atomic mass is 32.1. The first-order valence-electron chi connectivity index (χ1n) is 19.9. The van der Waals surface area contributed by atoms with Crippen LogP contribution in [-0.4, -0.2) is 6.54 Å². The van der Waals surface area contributed by atoms with Crippen molar-refractivity contribution in [2.45, 2.75) is 26.7 Å². The Labute approximate surface area is 348 Å². The molecule has 1 aromatic heterocycles. The third-order valence-corrected chi connectivity index (χ3v) is 11.7. The summed E-state index contributed by atoms with van der Waals surface area (Å²) in [5, 5.41) is 6.09. The average molecular weight is 768 g/mol. The minimum Gasteiger partial charge on any atom is -0.338 e. The lowest BCUT2D eigenvalue weighted by Gasteiger charge is -2.27. The summed E-state index contributed by atoms with van der Waals surface area (Å²) in [4.78, 5) is 3.61. The molecule has 0 aliphatic carbocycles. The average Bonchev–Trinajstić information content (AvgIpc) is 3.57. The minimum atomic E-state index is 0.656. The highest BCUT2D eigenvalue weighted by molar-refractivity contribution is 7.19. The standard InChI is InChI=1S/C56H49NS/c1-7-10-14-25-44(23-8-2)43(9-3)36-52-42(6)58-56-53(37-48(38-54(52)56)45-26-16-13-17-27-45)47-33-32-40(4)24-15-11-12-22-34-57(41(5)35-47)55-39-46-28-18-19-29-49(46)50-30-20-21-31-51(50)55/h7-8,10-13,15-23,25-33,35-39H,1-2,4-5,9,24,34H2,3,6H3/b15-11-,22-12-,33-32-,43-36+,44-23+,47-35+. The molecule has 1 nitrogen and oxygen atoms in total. The van der Waals surface area contributed by atoms with E-state index in [2.05, 4.69) is 196 Å². The van der Waals surface area contributed by atoms with Gasteiger partial charge in [-0.2, -0.15) is 0 Å². The molecular formula is C56H49NS. The Kier molecular flexibility index (Phi) is 12.6. The molecule has 0 atom stereocenters. The second kappa shape index (κ2) is 18.5. The number of nitrogens with zero attached hydrogens (tertiary/aromatic N) is 1. The van der Waals surface area contributed by atoms with E-state index in [9.17, 15) is 0 Å². The Morgan fingerprint density at radius 2 is 1.53 bits per heavy atom. The minimum absolute atomic E-state index is 0.656. The van der Waals surface area contributed by atoms with Gasteiger partial charge in [0.15, 0.2) is 0 Å². The highest BCUT2D eigenvalue weighted by Crippen LogP contribution is 2.43. The molecule has 58 heavy (non-hydrogen) atoms. The molecule has 0 fully saturated rings. The van der Waals surface area contributed by atoms with E-state index >= 15 is 0 Å². The summed E-state index contributed by atoms with van der Waals surface area (Å²) in [7, 11) is 0. The van der Waals surface area contributed by atoms with Crippen LogP contribution < -0.4 is 4.90 Å². The summed E-state index contributed by atoms with van der Waals surface area (Å²) in [6.07, 6.45) is 28.8. The number of aryl methyl sites for hydroxylation is 1. The summed E-state index contributed by atoms with van der Waals surface area (Å²) in [5.74, 6) is 0. The van der Waals surface area contributed by atoms with E-state index in [-0.39, 0.29) is 0 Å². The largest absolute Gasteiger partial charge is 0.338 e. The molecule has 6 aromatic rings. The van der Waals surface area contributed by atoms with Crippen molar-refractivity contribution in [1.29, 1.82) is 0 Å². The van der Waals surface area contributed by atoms with Crippen molar-refractivity contribution in [1.82, 2.24) is 0 Å². The van der Waals surface area contributed by atoms with Crippen molar-refractivity contribution in [2.75, 3.05) is 11.4 Å². The molecule has 0 N–H and O–H groups in total. The van der Waals surface area contributed by atoms with Crippen LogP contribution in [0.15, 0.2) is 224 Å². The van der Waals surface area contributed by atoms with Crippen LogP contribution in [0.1, 0.15) is 35.8 Å². The summed E-state index contributed by atoms with van der Waals surface area (Å²) in [5.41, 5.74) is 14.4. The van der Waals surface area contributed by atoms with Gasteiger partial charge in [0.1, 0.15) is 0 Å². The van der Waals surface area contributed by atoms with E-state index in [0.29, 0.717) is 6.54 Å². The van der Waals surface area contributed by atoms with Crippen molar-refractivity contribution in [2.24, 2.45) is 0 Å². The summed E-state index contributed by atoms with van der Waals surface area (Å²) < 4.78 is 1.23. The lowest BCUT2D eigenvalue weighted by atomic mass is 9.93. The van der Waals surface area contributed by atoms with Gasteiger partial charge < -0.3 is 4.90 Å². The Bertz CT molecular complexity index is 2820. The molecule has 1 aliphatic heterocycles. The van der Waals surface area contributed by atoms with Gasteiger partial charge in [0.25, 0.3) is 0 Å². The first-order chi connectivity index (χ1) is 28.4. The van der Waals surface area contributed by atoms with Crippen LogP contribution in [0.25, 0.3) is 54.4 Å². The van der Waals surface area contributed by atoms with Crippen LogP contribution >= 0.6 is 11.3 Å². The maximum Gasteiger partial charge on any atom is 0.0499 e. The lowest BCUT2D eigenvalue weighted by Crippen LogP contribution is -2.21. The zero-order valence-electron chi connectivity index (χ0n) is 33.5. The van der Waals surface area contributed by atoms with Gasteiger partial charge in [-0.1, -0.05) is 172 Å². The number of fused-ring (bicyclic) bond motifs is 4. The van der Waals surface area contributed by atoms with Crippen molar-refractivity contribution >= 4 is 60.3 Å². The molecular weight excluding hydrogens is 719 g/mol. The molecule has 7 rings (SSSR count). The number of allylic oxidation sites excluding steroid dienone is 14. The van der Waals surface area contributed by atoms with Crippen LogP contribution in [0.4, 0.5) is 5.69 Å². The molecule has 0 bridgehead atoms. The molecule has 0 saturated heterocycles. The second-order valence-electron chi connectivity index (χ2n) is 14.3. The van der Waals surface area contributed by atoms with Gasteiger partial charge in [-0.05, 0) is 112 Å². The van der Waals surface area contributed by atoms with Crippen LogP contribution in [0.2, 0.25) is 0 Å². The smallest absolute Gasteiger partial charge is 0.0499 e. The van der Waals surface area contributed by atoms with Crippen molar-refractivity contribution in [3.63, 3.8) is 0 Å². The van der Waals surface area contributed by atoms with Crippen LogP contribution in [0, 0.1) is 6.92 Å². The third-order valence-electron chi connectivity index (χ3n) is 10.5. The predicted molar refractivity (Wildman–Crippen MR) is 258 cm³/mol. The molecule has 2 heteroatoms. The number of benzene rings is 5. The van der Waals surface area contributed by atoms with Crippen molar-refractivity contribution in [3.8, 4) is 11.1 Å². The molecule has 0 saturated carbocycles. The van der Waals surface area contributed by atoms with Gasteiger partial charge >= 0.3 is 0 Å². The van der Waals surface area contributed by atoms with E-state index in [1.807, 2.05) is 29.6 Å². The Morgan fingerprint density at radius 1 is 0.793 bits per heavy atom. The van der Waals surface area contributed by atoms with Crippen molar-refractivity contribution in [3.05, 3.63) is 240 Å². The third kappa shape index (κ3) is 8.65. The van der Waals surface area contributed by atoms with E-state index in [1.165, 1.54) is 53.2 Å².